The third kappa shape index (κ3) is 4.82. The Balaban J connectivity index is 1.40. The number of carbonyl (C=O) groups is 2. The van der Waals surface area contributed by atoms with Crippen LogP contribution in [-0.4, -0.2) is 44.9 Å². The molecule has 1 saturated heterocycles. The Morgan fingerprint density at radius 2 is 1.90 bits per heavy atom. The largest absolute Gasteiger partial charge is 0.346 e. The lowest BCUT2D eigenvalue weighted by Crippen LogP contribution is -2.32. The number of anilines is 1. The minimum atomic E-state index is -0.313. The molecule has 1 aromatic carbocycles. The first-order chi connectivity index (χ1) is 15.0. The van der Waals surface area contributed by atoms with E-state index in [4.69, 9.17) is 0 Å². The van der Waals surface area contributed by atoms with Gasteiger partial charge in [-0.05, 0) is 36.8 Å². The number of nitrogens with zero attached hydrogens (tertiary/aromatic N) is 5. The molecular formula is C22H21FN6O2. The Morgan fingerprint density at radius 3 is 2.65 bits per heavy atom. The highest BCUT2D eigenvalue weighted by molar-refractivity contribution is 5.97. The second-order valence-electron chi connectivity index (χ2n) is 7.22. The number of nitrogens with one attached hydrogen (secondary N) is 1. The van der Waals surface area contributed by atoms with Crippen molar-refractivity contribution in [3.8, 4) is 0 Å². The van der Waals surface area contributed by atoms with E-state index in [9.17, 15) is 14.0 Å². The maximum Gasteiger partial charge on any atom is 0.326 e. The molecule has 1 N–H and O–H groups in total. The van der Waals surface area contributed by atoms with Crippen molar-refractivity contribution in [3.05, 3.63) is 83.3 Å². The summed E-state index contributed by atoms with van der Waals surface area (Å²) < 4.78 is 13.1. The fourth-order valence-electron chi connectivity index (χ4n) is 3.24. The zero-order valence-corrected chi connectivity index (χ0v) is 17.0. The highest BCUT2D eigenvalue weighted by Crippen LogP contribution is 2.21. The lowest BCUT2D eigenvalue weighted by molar-refractivity contribution is 0.0950. The molecule has 2 aromatic heterocycles. The summed E-state index contributed by atoms with van der Waals surface area (Å²) in [5.41, 5.74) is 2.70. The number of aromatic nitrogens is 3. The summed E-state index contributed by atoms with van der Waals surface area (Å²) >= 11 is 0. The standard InChI is InChI=1S/C22H21FN6O2/c1-15-11-26-19(12-25-15)13-27-21(30)17-6-7-24-20(10-17)29-9-8-28(22(29)31)14-16-2-4-18(23)5-3-16/h2-7,10-12H,8-9,13-14H2,1H3,(H,27,30). The maximum atomic E-state index is 13.1. The Labute approximate surface area is 178 Å². The highest BCUT2D eigenvalue weighted by Gasteiger charge is 2.30. The fourth-order valence-corrected chi connectivity index (χ4v) is 3.24. The first kappa shape index (κ1) is 20.4. The fraction of sp³-hybridized carbons (Fsp3) is 0.227. The van der Waals surface area contributed by atoms with Crippen molar-refractivity contribution in [2.75, 3.05) is 18.0 Å². The highest BCUT2D eigenvalue weighted by atomic mass is 19.1. The molecule has 0 aliphatic carbocycles. The summed E-state index contributed by atoms with van der Waals surface area (Å²) in [6, 6.07) is 9.05. The van der Waals surface area contributed by atoms with Crippen molar-refractivity contribution in [2.24, 2.45) is 0 Å². The molecule has 3 amide bonds. The zero-order chi connectivity index (χ0) is 21.8. The number of urea groups is 1. The smallest absolute Gasteiger partial charge is 0.326 e. The van der Waals surface area contributed by atoms with Gasteiger partial charge in [-0.15, -0.1) is 0 Å². The van der Waals surface area contributed by atoms with E-state index in [1.54, 1.807) is 41.6 Å². The molecule has 1 aliphatic rings. The topological polar surface area (TPSA) is 91.3 Å². The summed E-state index contributed by atoms with van der Waals surface area (Å²) in [6.45, 7) is 3.44. The van der Waals surface area contributed by atoms with Gasteiger partial charge in [0.15, 0.2) is 0 Å². The van der Waals surface area contributed by atoms with E-state index < -0.39 is 0 Å². The molecule has 0 bridgehead atoms. The molecule has 0 atom stereocenters. The van der Waals surface area contributed by atoms with Crippen LogP contribution in [0.4, 0.5) is 15.0 Å². The van der Waals surface area contributed by atoms with Gasteiger partial charge in [0.1, 0.15) is 11.6 Å². The van der Waals surface area contributed by atoms with Crippen LogP contribution in [0.5, 0.6) is 0 Å². The minimum Gasteiger partial charge on any atom is -0.346 e. The quantitative estimate of drug-likeness (QED) is 0.662. The molecule has 158 valence electrons. The summed E-state index contributed by atoms with van der Waals surface area (Å²) in [6.07, 6.45) is 4.76. The van der Waals surface area contributed by atoms with Crippen LogP contribution in [0.1, 0.15) is 27.3 Å². The second kappa shape index (κ2) is 8.86. The summed E-state index contributed by atoms with van der Waals surface area (Å²) in [7, 11) is 0. The first-order valence-corrected chi connectivity index (χ1v) is 9.82. The predicted molar refractivity (Wildman–Crippen MR) is 112 cm³/mol. The summed E-state index contributed by atoms with van der Waals surface area (Å²) in [5.74, 6) is -0.193. The Hall–Kier alpha value is -3.88. The molecule has 0 spiro atoms. The third-order valence-electron chi connectivity index (χ3n) is 4.93. The van der Waals surface area contributed by atoms with E-state index in [0.717, 1.165) is 11.3 Å². The van der Waals surface area contributed by atoms with Gasteiger partial charge in [0.2, 0.25) is 0 Å². The minimum absolute atomic E-state index is 0.204. The number of halogens is 1. The summed E-state index contributed by atoms with van der Waals surface area (Å²) in [4.78, 5) is 41.2. The lowest BCUT2D eigenvalue weighted by atomic mass is 10.2. The van der Waals surface area contributed by atoms with Gasteiger partial charge >= 0.3 is 6.03 Å². The molecule has 3 heterocycles. The predicted octanol–water partition coefficient (Wildman–Crippen LogP) is 2.69. The number of hydrogen-bond acceptors (Lipinski definition) is 5. The second-order valence-corrected chi connectivity index (χ2v) is 7.22. The van der Waals surface area contributed by atoms with Crippen LogP contribution in [0.2, 0.25) is 0 Å². The van der Waals surface area contributed by atoms with Crippen LogP contribution in [-0.2, 0) is 13.1 Å². The van der Waals surface area contributed by atoms with E-state index >= 15 is 0 Å². The molecular weight excluding hydrogens is 399 g/mol. The van der Waals surface area contributed by atoms with E-state index in [2.05, 4.69) is 20.3 Å². The van der Waals surface area contributed by atoms with Crippen molar-refractivity contribution in [1.29, 1.82) is 0 Å². The molecule has 9 heteroatoms. The SMILES string of the molecule is Cc1cnc(CNC(=O)c2ccnc(N3CCN(Cc4ccc(F)cc4)C3=O)c2)cn1. The van der Waals surface area contributed by atoms with Gasteiger partial charge in [0.25, 0.3) is 5.91 Å². The van der Waals surface area contributed by atoms with Gasteiger partial charge in [-0.3, -0.25) is 19.7 Å². The third-order valence-corrected chi connectivity index (χ3v) is 4.93. The number of amides is 3. The van der Waals surface area contributed by atoms with Crippen LogP contribution in [0, 0.1) is 12.7 Å². The van der Waals surface area contributed by atoms with Gasteiger partial charge in [-0.1, -0.05) is 12.1 Å². The Morgan fingerprint density at radius 1 is 1.10 bits per heavy atom. The van der Waals surface area contributed by atoms with Crippen LogP contribution >= 0.6 is 0 Å². The van der Waals surface area contributed by atoms with Crippen LogP contribution in [0.25, 0.3) is 0 Å². The molecule has 4 rings (SSSR count). The van der Waals surface area contributed by atoms with E-state index in [-0.39, 0.29) is 24.3 Å². The molecule has 0 unspecified atom stereocenters. The zero-order valence-electron chi connectivity index (χ0n) is 17.0. The monoisotopic (exact) mass is 420 g/mol. The maximum absolute atomic E-state index is 13.1. The summed E-state index contributed by atoms with van der Waals surface area (Å²) in [5, 5.41) is 2.80. The van der Waals surface area contributed by atoms with Crippen LogP contribution in [0.15, 0.2) is 55.0 Å². The van der Waals surface area contributed by atoms with Crippen molar-refractivity contribution < 1.29 is 14.0 Å². The van der Waals surface area contributed by atoms with E-state index in [0.29, 0.717) is 36.7 Å². The molecule has 31 heavy (non-hydrogen) atoms. The van der Waals surface area contributed by atoms with Gasteiger partial charge < -0.3 is 10.2 Å². The Kier molecular flexibility index (Phi) is 5.83. The number of pyridine rings is 1. The van der Waals surface area contributed by atoms with Crippen LogP contribution < -0.4 is 10.2 Å². The first-order valence-electron chi connectivity index (χ1n) is 9.82. The number of rotatable bonds is 6. The van der Waals surface area contributed by atoms with Gasteiger partial charge in [0, 0.05) is 37.6 Å². The van der Waals surface area contributed by atoms with Crippen molar-refractivity contribution in [3.63, 3.8) is 0 Å². The molecule has 0 saturated carbocycles. The van der Waals surface area contributed by atoms with Crippen LogP contribution in [0.3, 0.4) is 0 Å². The van der Waals surface area contributed by atoms with Gasteiger partial charge in [0.05, 0.1) is 24.1 Å². The van der Waals surface area contributed by atoms with Crippen molar-refractivity contribution in [1.82, 2.24) is 25.2 Å². The number of aryl methyl sites for hydroxylation is 1. The number of hydrogen-bond donors (Lipinski definition) is 1. The normalized spacial score (nSPS) is 13.5. The van der Waals surface area contributed by atoms with E-state index in [1.165, 1.54) is 23.2 Å². The molecule has 8 nitrogen and oxygen atoms in total. The lowest BCUT2D eigenvalue weighted by Gasteiger charge is -2.18. The number of carbonyl (C=O) groups excluding carboxylic acids is 2. The molecule has 1 aliphatic heterocycles. The number of benzene rings is 1. The Bertz CT molecular complexity index is 1090. The van der Waals surface area contributed by atoms with E-state index in [1.807, 2.05) is 6.92 Å². The van der Waals surface area contributed by atoms with Gasteiger partial charge in [-0.25, -0.2) is 14.2 Å². The average Bonchev–Trinajstić information content (AvgIpc) is 3.15. The van der Waals surface area contributed by atoms with Gasteiger partial charge in [-0.2, -0.15) is 0 Å². The molecule has 3 aromatic rings. The molecule has 1 fully saturated rings. The average molecular weight is 420 g/mol. The van der Waals surface area contributed by atoms with Crippen molar-refractivity contribution in [2.45, 2.75) is 20.0 Å². The van der Waals surface area contributed by atoms with Crippen molar-refractivity contribution >= 4 is 17.8 Å². The molecule has 0 radical (unpaired) electrons.